The minimum Gasteiger partial charge on any atom is -0.357 e. The van der Waals surface area contributed by atoms with Crippen molar-refractivity contribution in [3.8, 4) is 10.6 Å². The van der Waals surface area contributed by atoms with E-state index in [1.54, 1.807) is 23.7 Å². The number of carbonyl (C=O) groups excluding carboxylic acids is 1. The van der Waals surface area contributed by atoms with Gasteiger partial charge in [-0.2, -0.15) is 0 Å². The summed E-state index contributed by atoms with van der Waals surface area (Å²) >= 11 is 1.59. The van der Waals surface area contributed by atoms with E-state index in [0.717, 1.165) is 40.7 Å². The summed E-state index contributed by atoms with van der Waals surface area (Å²) in [5.41, 5.74) is 2.84. The number of pyridine rings is 1. The molecule has 27 heavy (non-hydrogen) atoms. The molecule has 1 aliphatic heterocycles. The molecule has 1 aromatic carbocycles. The Morgan fingerprint density at radius 2 is 1.89 bits per heavy atom. The van der Waals surface area contributed by atoms with Crippen molar-refractivity contribution in [1.29, 1.82) is 0 Å². The summed E-state index contributed by atoms with van der Waals surface area (Å²) in [5, 5.41) is 8.68. The molecule has 0 bridgehead atoms. The van der Waals surface area contributed by atoms with Gasteiger partial charge in [0.25, 0.3) is 0 Å². The molecule has 1 aliphatic rings. The van der Waals surface area contributed by atoms with Crippen LogP contribution in [0.25, 0.3) is 10.6 Å². The number of benzene rings is 1. The molecule has 3 heterocycles. The molecule has 0 saturated carbocycles. The third-order valence-electron chi connectivity index (χ3n) is 4.52. The van der Waals surface area contributed by atoms with E-state index in [2.05, 4.69) is 31.6 Å². The zero-order valence-electron chi connectivity index (χ0n) is 14.9. The molecule has 7 heteroatoms. The maximum atomic E-state index is 12.2. The highest BCUT2D eigenvalue weighted by atomic mass is 32.1. The van der Waals surface area contributed by atoms with Crippen LogP contribution in [-0.2, 0) is 6.54 Å². The number of urea groups is 1. The van der Waals surface area contributed by atoms with Crippen LogP contribution in [0, 0.1) is 0 Å². The van der Waals surface area contributed by atoms with Crippen LogP contribution < -0.4 is 15.5 Å². The summed E-state index contributed by atoms with van der Waals surface area (Å²) in [7, 11) is 0. The Kier molecular flexibility index (Phi) is 5.29. The topological polar surface area (TPSA) is 70.2 Å². The summed E-state index contributed by atoms with van der Waals surface area (Å²) in [6.07, 6.45) is 6.02. The van der Waals surface area contributed by atoms with Gasteiger partial charge in [-0.25, -0.2) is 14.8 Å². The van der Waals surface area contributed by atoms with Crippen molar-refractivity contribution in [3.63, 3.8) is 0 Å². The fraction of sp³-hybridized carbons (Fsp3) is 0.250. The summed E-state index contributed by atoms with van der Waals surface area (Å²) in [5.74, 6) is 0.991. The first-order valence-electron chi connectivity index (χ1n) is 9.02. The molecule has 0 radical (unpaired) electrons. The summed E-state index contributed by atoms with van der Waals surface area (Å²) in [4.78, 5) is 23.2. The zero-order valence-corrected chi connectivity index (χ0v) is 15.7. The number of amides is 2. The van der Waals surface area contributed by atoms with Crippen molar-refractivity contribution >= 4 is 28.9 Å². The standard InChI is InChI=1S/C20H21N5OS/c26-20(24-17-5-3-16(4-6-17)19-22-9-12-27-19)23-14-15-7-8-21-18(13-15)25-10-1-2-11-25/h3-9,12-13H,1-2,10-11,14H2,(H2,23,24,26). The van der Waals surface area contributed by atoms with Gasteiger partial charge in [0, 0.05) is 48.7 Å². The van der Waals surface area contributed by atoms with E-state index in [0.29, 0.717) is 6.54 Å². The average molecular weight is 379 g/mol. The highest BCUT2D eigenvalue weighted by Gasteiger charge is 2.13. The number of anilines is 2. The maximum Gasteiger partial charge on any atom is 0.319 e. The molecule has 1 saturated heterocycles. The van der Waals surface area contributed by atoms with Gasteiger partial charge >= 0.3 is 6.03 Å². The van der Waals surface area contributed by atoms with Crippen LogP contribution in [0.1, 0.15) is 18.4 Å². The molecule has 0 atom stereocenters. The van der Waals surface area contributed by atoms with Crippen molar-refractivity contribution in [3.05, 3.63) is 59.7 Å². The first-order valence-corrected chi connectivity index (χ1v) is 9.90. The number of rotatable bonds is 5. The van der Waals surface area contributed by atoms with Crippen LogP contribution in [0.3, 0.4) is 0 Å². The SMILES string of the molecule is O=C(NCc1ccnc(N2CCCC2)c1)Nc1ccc(-c2nccs2)cc1. The summed E-state index contributed by atoms with van der Waals surface area (Å²) < 4.78 is 0. The van der Waals surface area contributed by atoms with E-state index in [1.807, 2.05) is 35.7 Å². The van der Waals surface area contributed by atoms with Crippen molar-refractivity contribution in [2.24, 2.45) is 0 Å². The molecule has 0 unspecified atom stereocenters. The normalized spacial score (nSPS) is 13.6. The number of carbonyl (C=O) groups is 1. The third-order valence-corrected chi connectivity index (χ3v) is 5.34. The third kappa shape index (κ3) is 4.43. The second kappa shape index (κ2) is 8.18. The number of thiazole rings is 1. The number of hydrogen-bond donors (Lipinski definition) is 2. The Balaban J connectivity index is 1.31. The smallest absolute Gasteiger partial charge is 0.319 e. The molecule has 0 spiro atoms. The van der Waals surface area contributed by atoms with Gasteiger partial charge in [-0.1, -0.05) is 0 Å². The number of nitrogens with zero attached hydrogens (tertiary/aromatic N) is 3. The van der Waals surface area contributed by atoms with Gasteiger partial charge in [-0.15, -0.1) is 11.3 Å². The first kappa shape index (κ1) is 17.5. The Hall–Kier alpha value is -2.93. The second-order valence-electron chi connectivity index (χ2n) is 6.44. The van der Waals surface area contributed by atoms with E-state index in [9.17, 15) is 4.79 Å². The fourth-order valence-electron chi connectivity index (χ4n) is 3.11. The van der Waals surface area contributed by atoms with Gasteiger partial charge in [-0.3, -0.25) is 0 Å². The van der Waals surface area contributed by atoms with Crippen molar-refractivity contribution in [2.75, 3.05) is 23.3 Å². The largest absolute Gasteiger partial charge is 0.357 e. The lowest BCUT2D eigenvalue weighted by atomic mass is 10.2. The zero-order chi connectivity index (χ0) is 18.5. The van der Waals surface area contributed by atoms with Crippen LogP contribution in [0.5, 0.6) is 0 Å². The number of aromatic nitrogens is 2. The molecule has 0 aliphatic carbocycles. The Morgan fingerprint density at radius 1 is 1.07 bits per heavy atom. The lowest BCUT2D eigenvalue weighted by Gasteiger charge is -2.17. The molecule has 138 valence electrons. The van der Waals surface area contributed by atoms with E-state index >= 15 is 0 Å². The molecule has 1 fully saturated rings. The van der Waals surface area contributed by atoms with E-state index in [1.165, 1.54) is 12.8 Å². The second-order valence-corrected chi connectivity index (χ2v) is 7.33. The average Bonchev–Trinajstić information content (AvgIpc) is 3.41. The lowest BCUT2D eigenvalue weighted by Crippen LogP contribution is -2.28. The van der Waals surface area contributed by atoms with Crippen molar-refractivity contribution in [2.45, 2.75) is 19.4 Å². The van der Waals surface area contributed by atoms with Crippen molar-refractivity contribution < 1.29 is 4.79 Å². The number of hydrogen-bond acceptors (Lipinski definition) is 5. The monoisotopic (exact) mass is 379 g/mol. The van der Waals surface area contributed by atoms with Crippen LogP contribution in [0.4, 0.5) is 16.3 Å². The molecular formula is C20H21N5OS. The van der Waals surface area contributed by atoms with Gasteiger partial charge < -0.3 is 15.5 Å². The van der Waals surface area contributed by atoms with Gasteiger partial charge in [0.1, 0.15) is 10.8 Å². The minimum absolute atomic E-state index is 0.225. The lowest BCUT2D eigenvalue weighted by molar-refractivity contribution is 0.251. The molecule has 3 aromatic rings. The van der Waals surface area contributed by atoms with Crippen molar-refractivity contribution in [1.82, 2.24) is 15.3 Å². The summed E-state index contributed by atoms with van der Waals surface area (Å²) in [6.45, 7) is 2.58. The molecule has 2 amide bonds. The molecule has 6 nitrogen and oxygen atoms in total. The molecule has 4 rings (SSSR count). The van der Waals surface area contributed by atoms with Gasteiger partial charge in [-0.05, 0) is 54.8 Å². The predicted octanol–water partition coefficient (Wildman–Crippen LogP) is 4.13. The number of nitrogens with one attached hydrogen (secondary N) is 2. The highest BCUT2D eigenvalue weighted by Crippen LogP contribution is 2.23. The van der Waals surface area contributed by atoms with Crippen LogP contribution in [0.15, 0.2) is 54.2 Å². The molecule has 2 aromatic heterocycles. The highest BCUT2D eigenvalue weighted by molar-refractivity contribution is 7.13. The maximum absolute atomic E-state index is 12.2. The summed E-state index contributed by atoms with van der Waals surface area (Å²) in [6, 6.07) is 11.4. The predicted molar refractivity (Wildman–Crippen MR) is 109 cm³/mol. The first-order chi connectivity index (χ1) is 13.3. The van der Waals surface area contributed by atoms with Crippen LogP contribution >= 0.6 is 11.3 Å². The molecular weight excluding hydrogens is 358 g/mol. The molecule has 2 N–H and O–H groups in total. The van der Waals surface area contributed by atoms with Crippen LogP contribution in [0.2, 0.25) is 0 Å². The quantitative estimate of drug-likeness (QED) is 0.699. The van der Waals surface area contributed by atoms with E-state index < -0.39 is 0 Å². The minimum atomic E-state index is -0.225. The van der Waals surface area contributed by atoms with Crippen LogP contribution in [-0.4, -0.2) is 29.1 Å². The van der Waals surface area contributed by atoms with Gasteiger partial charge in [0.05, 0.1) is 0 Å². The Bertz CT molecular complexity index is 889. The van der Waals surface area contributed by atoms with Gasteiger partial charge in [0.2, 0.25) is 0 Å². The Morgan fingerprint density at radius 3 is 2.63 bits per heavy atom. The van der Waals surface area contributed by atoms with Gasteiger partial charge in [0.15, 0.2) is 0 Å². The van der Waals surface area contributed by atoms with E-state index in [-0.39, 0.29) is 6.03 Å². The Labute approximate surface area is 162 Å². The van der Waals surface area contributed by atoms with E-state index in [4.69, 9.17) is 0 Å². The fourth-order valence-corrected chi connectivity index (χ4v) is 3.75.